The van der Waals surface area contributed by atoms with Crippen LogP contribution >= 0.6 is 0 Å². The zero-order chi connectivity index (χ0) is 13.1. The van der Waals surface area contributed by atoms with Gasteiger partial charge in [0.15, 0.2) is 0 Å². The van der Waals surface area contributed by atoms with Crippen molar-refractivity contribution in [3.05, 3.63) is 17.1 Å². The second-order valence-corrected chi connectivity index (χ2v) is 5.64. The minimum atomic E-state index is 0.472. The van der Waals surface area contributed by atoms with Crippen molar-refractivity contribution in [3.8, 4) is 0 Å². The molecule has 1 saturated carbocycles. The molecule has 1 heterocycles. The average Bonchev–Trinajstić information content (AvgIpc) is 2.22. The second kappa shape index (κ2) is 5.68. The Morgan fingerprint density at radius 3 is 2.50 bits per heavy atom. The van der Waals surface area contributed by atoms with E-state index in [2.05, 4.69) is 33.0 Å². The van der Waals surface area contributed by atoms with Crippen molar-refractivity contribution in [2.24, 2.45) is 0 Å². The molecular weight excluding hydrogens is 222 g/mol. The first-order valence-electron chi connectivity index (χ1n) is 7.25. The zero-order valence-corrected chi connectivity index (χ0v) is 12.1. The largest absolute Gasteiger partial charge is 0.370 e. The average molecular weight is 247 g/mol. The van der Waals surface area contributed by atoms with Gasteiger partial charge in [-0.05, 0) is 32.1 Å². The molecule has 2 rings (SSSR count). The highest BCUT2D eigenvalue weighted by molar-refractivity contribution is 5.48. The first-order chi connectivity index (χ1) is 8.63. The van der Waals surface area contributed by atoms with Crippen LogP contribution < -0.4 is 5.32 Å². The highest BCUT2D eigenvalue weighted by Crippen LogP contribution is 2.36. The maximum atomic E-state index is 4.79. The molecule has 0 aromatic carbocycles. The van der Waals surface area contributed by atoms with E-state index in [0.717, 1.165) is 30.3 Å². The van der Waals surface area contributed by atoms with Crippen LogP contribution in [0.4, 0.5) is 5.82 Å². The van der Waals surface area contributed by atoms with Gasteiger partial charge in [-0.1, -0.05) is 27.2 Å². The summed E-state index contributed by atoms with van der Waals surface area (Å²) in [4.78, 5) is 9.53. The summed E-state index contributed by atoms with van der Waals surface area (Å²) < 4.78 is 0. The van der Waals surface area contributed by atoms with Gasteiger partial charge in [0.05, 0.1) is 0 Å². The Bertz CT molecular complexity index is 408. The van der Waals surface area contributed by atoms with Crippen LogP contribution in [0, 0.1) is 6.92 Å². The summed E-state index contributed by atoms with van der Waals surface area (Å²) in [5.41, 5.74) is 2.44. The predicted octanol–water partition coefficient (Wildman–Crippen LogP) is 4.00. The lowest BCUT2D eigenvalue weighted by Gasteiger charge is -2.26. The number of aromatic nitrogens is 2. The third kappa shape index (κ3) is 2.65. The first-order valence-corrected chi connectivity index (χ1v) is 7.25. The summed E-state index contributed by atoms with van der Waals surface area (Å²) in [6, 6.07) is 0. The van der Waals surface area contributed by atoms with Gasteiger partial charge < -0.3 is 5.32 Å². The van der Waals surface area contributed by atoms with Gasteiger partial charge in [-0.15, -0.1) is 0 Å². The lowest BCUT2D eigenvalue weighted by atomic mass is 9.84. The molecule has 1 aliphatic rings. The van der Waals surface area contributed by atoms with E-state index in [4.69, 9.17) is 9.97 Å². The Balaban J connectivity index is 2.33. The van der Waals surface area contributed by atoms with E-state index in [9.17, 15) is 0 Å². The molecule has 1 aromatic rings. The second-order valence-electron chi connectivity index (χ2n) is 5.64. The standard InChI is InChI=1S/C15H25N3/c1-5-9-16-15-13(10(2)3)11(4)17-14(18-15)12-7-6-8-12/h10,12H,5-9H2,1-4H3,(H,16,17,18). The van der Waals surface area contributed by atoms with Crippen LogP contribution in [-0.2, 0) is 0 Å². The van der Waals surface area contributed by atoms with Crippen LogP contribution in [-0.4, -0.2) is 16.5 Å². The van der Waals surface area contributed by atoms with Crippen molar-refractivity contribution in [1.29, 1.82) is 0 Å². The quantitative estimate of drug-likeness (QED) is 0.854. The summed E-state index contributed by atoms with van der Waals surface area (Å²) in [5, 5.41) is 3.48. The topological polar surface area (TPSA) is 37.8 Å². The fraction of sp³-hybridized carbons (Fsp3) is 0.733. The molecule has 0 radical (unpaired) electrons. The molecule has 1 fully saturated rings. The van der Waals surface area contributed by atoms with E-state index in [0.29, 0.717) is 11.8 Å². The van der Waals surface area contributed by atoms with Gasteiger partial charge in [0, 0.05) is 23.7 Å². The van der Waals surface area contributed by atoms with Gasteiger partial charge in [-0.25, -0.2) is 9.97 Å². The molecule has 3 heteroatoms. The lowest BCUT2D eigenvalue weighted by molar-refractivity contribution is 0.400. The highest BCUT2D eigenvalue weighted by atomic mass is 15.0. The number of hydrogen-bond acceptors (Lipinski definition) is 3. The third-order valence-corrected chi connectivity index (χ3v) is 3.74. The molecule has 0 atom stereocenters. The fourth-order valence-electron chi connectivity index (χ4n) is 2.52. The molecule has 100 valence electrons. The molecule has 1 aliphatic carbocycles. The van der Waals surface area contributed by atoms with Crippen LogP contribution in [0.2, 0.25) is 0 Å². The van der Waals surface area contributed by atoms with Crippen molar-refractivity contribution in [2.45, 2.75) is 65.2 Å². The minimum absolute atomic E-state index is 0.472. The van der Waals surface area contributed by atoms with Crippen LogP contribution in [0.3, 0.4) is 0 Å². The van der Waals surface area contributed by atoms with Gasteiger partial charge >= 0.3 is 0 Å². The van der Waals surface area contributed by atoms with Crippen LogP contribution in [0.1, 0.15) is 75.4 Å². The Labute approximate surface area is 110 Å². The SMILES string of the molecule is CCCNc1nc(C2CCC2)nc(C)c1C(C)C. The smallest absolute Gasteiger partial charge is 0.134 e. The van der Waals surface area contributed by atoms with Gasteiger partial charge in [-0.2, -0.15) is 0 Å². The predicted molar refractivity (Wildman–Crippen MR) is 76.2 cm³/mol. The van der Waals surface area contributed by atoms with Gasteiger partial charge in [0.25, 0.3) is 0 Å². The van der Waals surface area contributed by atoms with E-state index < -0.39 is 0 Å². The number of nitrogens with one attached hydrogen (secondary N) is 1. The Morgan fingerprint density at radius 2 is 2.00 bits per heavy atom. The molecular formula is C15H25N3. The molecule has 0 amide bonds. The minimum Gasteiger partial charge on any atom is -0.370 e. The molecule has 1 aromatic heterocycles. The number of rotatable bonds is 5. The number of aryl methyl sites for hydroxylation is 1. The van der Waals surface area contributed by atoms with Crippen molar-refractivity contribution >= 4 is 5.82 Å². The molecule has 0 saturated heterocycles. The lowest BCUT2D eigenvalue weighted by Crippen LogP contribution is -2.17. The van der Waals surface area contributed by atoms with Gasteiger partial charge in [-0.3, -0.25) is 0 Å². The fourth-order valence-corrected chi connectivity index (χ4v) is 2.52. The number of nitrogens with zero attached hydrogens (tertiary/aromatic N) is 2. The van der Waals surface area contributed by atoms with Crippen molar-refractivity contribution in [1.82, 2.24) is 9.97 Å². The molecule has 0 aliphatic heterocycles. The highest BCUT2D eigenvalue weighted by Gasteiger charge is 2.24. The summed E-state index contributed by atoms with van der Waals surface area (Å²) in [7, 11) is 0. The van der Waals surface area contributed by atoms with Crippen LogP contribution in [0.5, 0.6) is 0 Å². The molecule has 18 heavy (non-hydrogen) atoms. The molecule has 3 nitrogen and oxygen atoms in total. The Hall–Kier alpha value is -1.12. The maximum absolute atomic E-state index is 4.79. The molecule has 1 N–H and O–H groups in total. The normalized spacial score (nSPS) is 15.8. The van der Waals surface area contributed by atoms with E-state index >= 15 is 0 Å². The third-order valence-electron chi connectivity index (χ3n) is 3.74. The molecule has 0 unspecified atom stereocenters. The summed E-state index contributed by atoms with van der Waals surface area (Å²) in [5.74, 6) is 3.20. The van der Waals surface area contributed by atoms with Crippen LogP contribution in [0.25, 0.3) is 0 Å². The zero-order valence-electron chi connectivity index (χ0n) is 12.1. The monoisotopic (exact) mass is 247 g/mol. The number of anilines is 1. The Kier molecular flexibility index (Phi) is 4.20. The van der Waals surface area contributed by atoms with Crippen molar-refractivity contribution < 1.29 is 0 Å². The van der Waals surface area contributed by atoms with Crippen molar-refractivity contribution in [2.75, 3.05) is 11.9 Å². The van der Waals surface area contributed by atoms with E-state index in [-0.39, 0.29) is 0 Å². The molecule has 0 spiro atoms. The number of hydrogen-bond donors (Lipinski definition) is 1. The summed E-state index contributed by atoms with van der Waals surface area (Å²) in [6.45, 7) is 9.72. The summed E-state index contributed by atoms with van der Waals surface area (Å²) >= 11 is 0. The first kappa shape index (κ1) is 13.3. The Morgan fingerprint density at radius 1 is 1.28 bits per heavy atom. The van der Waals surface area contributed by atoms with Crippen LogP contribution in [0.15, 0.2) is 0 Å². The summed E-state index contributed by atoms with van der Waals surface area (Å²) in [6.07, 6.45) is 4.97. The van der Waals surface area contributed by atoms with E-state index in [1.54, 1.807) is 0 Å². The van der Waals surface area contributed by atoms with Crippen molar-refractivity contribution in [3.63, 3.8) is 0 Å². The van der Waals surface area contributed by atoms with E-state index in [1.165, 1.54) is 24.8 Å². The molecule has 0 bridgehead atoms. The van der Waals surface area contributed by atoms with Gasteiger partial charge in [0.2, 0.25) is 0 Å². The maximum Gasteiger partial charge on any atom is 0.134 e. The van der Waals surface area contributed by atoms with Gasteiger partial charge in [0.1, 0.15) is 11.6 Å². The van der Waals surface area contributed by atoms with E-state index in [1.807, 2.05) is 0 Å².